The summed E-state index contributed by atoms with van der Waals surface area (Å²) in [5.74, 6) is 0.376. The standard InChI is InChI=1S/C18H29N3O5/c1-6-7-11-20(17(22)26-18(2,3)4)12-13-25-15-10-8-9-14(21(23)24)16(15)19-5/h8-10,19H,6-7,11-13H2,1-5H3. The van der Waals surface area contributed by atoms with Gasteiger partial charge in [-0.15, -0.1) is 0 Å². The van der Waals surface area contributed by atoms with Crippen LogP contribution >= 0.6 is 0 Å². The molecule has 1 aromatic rings. The predicted octanol–water partition coefficient (Wildman–Crippen LogP) is 4.05. The number of nitrogens with one attached hydrogen (secondary N) is 1. The highest BCUT2D eigenvalue weighted by Gasteiger charge is 2.22. The molecule has 1 aromatic carbocycles. The zero-order chi connectivity index (χ0) is 19.7. The molecule has 1 amide bonds. The predicted molar refractivity (Wildman–Crippen MR) is 101 cm³/mol. The Morgan fingerprint density at radius 2 is 2.00 bits per heavy atom. The molecular weight excluding hydrogens is 338 g/mol. The summed E-state index contributed by atoms with van der Waals surface area (Å²) >= 11 is 0. The average Bonchev–Trinajstić information content (AvgIpc) is 2.55. The van der Waals surface area contributed by atoms with Crippen LogP contribution in [0.15, 0.2) is 18.2 Å². The van der Waals surface area contributed by atoms with Crippen LogP contribution < -0.4 is 10.1 Å². The number of unbranched alkanes of at least 4 members (excludes halogenated alkanes) is 1. The maximum Gasteiger partial charge on any atom is 0.410 e. The summed E-state index contributed by atoms with van der Waals surface area (Å²) in [6.07, 6.45) is 1.43. The van der Waals surface area contributed by atoms with Gasteiger partial charge in [-0.1, -0.05) is 19.4 Å². The second kappa shape index (κ2) is 9.84. The molecule has 1 N–H and O–H groups in total. The molecule has 1 rings (SSSR count). The number of nitro groups is 1. The van der Waals surface area contributed by atoms with Gasteiger partial charge in [-0.2, -0.15) is 0 Å². The number of hydrogen-bond acceptors (Lipinski definition) is 6. The molecule has 0 radical (unpaired) electrons. The molecule has 8 heteroatoms. The van der Waals surface area contributed by atoms with Crippen molar-refractivity contribution in [3.8, 4) is 5.75 Å². The lowest BCUT2D eigenvalue weighted by molar-refractivity contribution is -0.384. The largest absolute Gasteiger partial charge is 0.489 e. The number of para-hydroxylation sites is 1. The van der Waals surface area contributed by atoms with Gasteiger partial charge in [-0.25, -0.2) is 4.79 Å². The van der Waals surface area contributed by atoms with Crippen LogP contribution in [-0.2, 0) is 4.74 Å². The zero-order valence-corrected chi connectivity index (χ0v) is 16.2. The minimum absolute atomic E-state index is 0.0556. The summed E-state index contributed by atoms with van der Waals surface area (Å²) in [5, 5.41) is 13.9. The Morgan fingerprint density at radius 3 is 2.54 bits per heavy atom. The minimum Gasteiger partial charge on any atom is -0.489 e. The van der Waals surface area contributed by atoms with Crippen LogP contribution in [0.1, 0.15) is 40.5 Å². The fourth-order valence-electron chi connectivity index (χ4n) is 2.28. The van der Waals surface area contributed by atoms with Gasteiger partial charge < -0.3 is 19.7 Å². The Balaban J connectivity index is 2.76. The van der Waals surface area contributed by atoms with E-state index in [1.807, 2.05) is 27.7 Å². The molecule has 0 aliphatic heterocycles. The molecule has 0 spiro atoms. The lowest BCUT2D eigenvalue weighted by Gasteiger charge is -2.27. The Morgan fingerprint density at radius 1 is 1.31 bits per heavy atom. The molecule has 146 valence electrons. The van der Waals surface area contributed by atoms with E-state index in [1.165, 1.54) is 6.07 Å². The first-order chi connectivity index (χ1) is 12.2. The lowest BCUT2D eigenvalue weighted by Crippen LogP contribution is -2.39. The van der Waals surface area contributed by atoms with Crippen LogP contribution in [0.4, 0.5) is 16.2 Å². The Labute approximate surface area is 154 Å². The number of rotatable bonds is 9. The van der Waals surface area contributed by atoms with E-state index in [-0.39, 0.29) is 18.4 Å². The van der Waals surface area contributed by atoms with Gasteiger partial charge in [0, 0.05) is 19.7 Å². The van der Waals surface area contributed by atoms with Crippen molar-refractivity contribution in [2.75, 3.05) is 32.1 Å². The number of benzene rings is 1. The summed E-state index contributed by atoms with van der Waals surface area (Å²) < 4.78 is 11.1. The molecule has 0 saturated heterocycles. The molecule has 0 heterocycles. The first-order valence-electron chi connectivity index (χ1n) is 8.75. The van der Waals surface area contributed by atoms with E-state index in [0.717, 1.165) is 12.8 Å². The van der Waals surface area contributed by atoms with E-state index < -0.39 is 10.5 Å². The fourth-order valence-corrected chi connectivity index (χ4v) is 2.28. The number of anilines is 1. The smallest absolute Gasteiger partial charge is 0.410 e. The van der Waals surface area contributed by atoms with Gasteiger partial charge >= 0.3 is 6.09 Å². The van der Waals surface area contributed by atoms with E-state index >= 15 is 0 Å². The van der Waals surface area contributed by atoms with Crippen LogP contribution in [0.3, 0.4) is 0 Å². The number of nitrogens with zero attached hydrogens (tertiary/aromatic N) is 2. The molecule has 0 aliphatic carbocycles. The van der Waals surface area contributed by atoms with Crippen molar-refractivity contribution >= 4 is 17.5 Å². The van der Waals surface area contributed by atoms with Crippen molar-refractivity contribution in [3.63, 3.8) is 0 Å². The molecule has 0 atom stereocenters. The SMILES string of the molecule is CCCCN(CCOc1cccc([N+](=O)[O-])c1NC)C(=O)OC(C)(C)C. The average molecular weight is 367 g/mol. The topological polar surface area (TPSA) is 93.9 Å². The van der Waals surface area contributed by atoms with Crippen LogP contribution in [-0.4, -0.2) is 48.3 Å². The Hall–Kier alpha value is -2.51. The highest BCUT2D eigenvalue weighted by atomic mass is 16.6. The van der Waals surface area contributed by atoms with Crippen LogP contribution in [0, 0.1) is 10.1 Å². The van der Waals surface area contributed by atoms with Gasteiger partial charge in [0.1, 0.15) is 18.0 Å². The summed E-state index contributed by atoms with van der Waals surface area (Å²) in [6, 6.07) is 4.63. The molecule has 0 aliphatic rings. The second-order valence-corrected chi connectivity index (χ2v) is 6.83. The maximum absolute atomic E-state index is 12.3. The van der Waals surface area contributed by atoms with Gasteiger partial charge in [0.2, 0.25) is 0 Å². The molecule has 0 unspecified atom stereocenters. The third kappa shape index (κ3) is 6.78. The number of carbonyl (C=O) groups is 1. The van der Waals surface area contributed by atoms with E-state index in [0.29, 0.717) is 24.5 Å². The quantitative estimate of drug-likeness (QED) is 0.523. The minimum atomic E-state index is -0.568. The summed E-state index contributed by atoms with van der Waals surface area (Å²) in [5.41, 5.74) is -0.309. The van der Waals surface area contributed by atoms with Gasteiger partial charge in [0.15, 0.2) is 5.69 Å². The zero-order valence-electron chi connectivity index (χ0n) is 16.2. The Kier molecular flexibility index (Phi) is 8.15. The van der Waals surface area contributed by atoms with Crippen LogP contribution in [0.5, 0.6) is 5.75 Å². The van der Waals surface area contributed by atoms with E-state index in [9.17, 15) is 14.9 Å². The molecule has 0 aromatic heterocycles. The third-order valence-electron chi connectivity index (χ3n) is 3.50. The second-order valence-electron chi connectivity index (χ2n) is 6.83. The maximum atomic E-state index is 12.3. The van der Waals surface area contributed by atoms with Gasteiger partial charge in [0.25, 0.3) is 5.69 Å². The van der Waals surface area contributed by atoms with E-state index in [4.69, 9.17) is 9.47 Å². The first-order valence-corrected chi connectivity index (χ1v) is 8.75. The Bertz CT molecular complexity index is 613. The normalized spacial score (nSPS) is 11.0. The third-order valence-corrected chi connectivity index (χ3v) is 3.50. The number of nitro benzene ring substituents is 1. The molecule has 0 fully saturated rings. The molecule has 8 nitrogen and oxygen atoms in total. The molecule has 0 saturated carbocycles. The molecule has 26 heavy (non-hydrogen) atoms. The van der Waals surface area contributed by atoms with Gasteiger partial charge in [-0.05, 0) is 33.3 Å². The van der Waals surface area contributed by atoms with Crippen molar-refractivity contribution in [2.24, 2.45) is 0 Å². The van der Waals surface area contributed by atoms with Crippen molar-refractivity contribution in [3.05, 3.63) is 28.3 Å². The van der Waals surface area contributed by atoms with Gasteiger partial charge in [-0.3, -0.25) is 10.1 Å². The fraction of sp³-hybridized carbons (Fsp3) is 0.611. The van der Waals surface area contributed by atoms with Crippen molar-refractivity contribution in [1.29, 1.82) is 0 Å². The van der Waals surface area contributed by atoms with Crippen molar-refractivity contribution < 1.29 is 19.2 Å². The first kappa shape index (κ1) is 21.5. The monoisotopic (exact) mass is 367 g/mol. The lowest BCUT2D eigenvalue weighted by atomic mass is 10.2. The molecular formula is C18H29N3O5. The molecule has 0 bridgehead atoms. The van der Waals surface area contributed by atoms with Gasteiger partial charge in [0.05, 0.1) is 11.5 Å². The van der Waals surface area contributed by atoms with E-state index in [1.54, 1.807) is 24.1 Å². The summed E-state index contributed by atoms with van der Waals surface area (Å²) in [7, 11) is 1.60. The number of hydrogen-bond donors (Lipinski definition) is 1. The van der Waals surface area contributed by atoms with Crippen molar-refractivity contribution in [1.82, 2.24) is 4.90 Å². The number of carbonyl (C=O) groups excluding carboxylic acids is 1. The number of amides is 1. The summed E-state index contributed by atoms with van der Waals surface area (Å²) in [4.78, 5) is 24.6. The highest BCUT2D eigenvalue weighted by molar-refractivity contribution is 5.70. The number of ether oxygens (including phenoxy) is 2. The van der Waals surface area contributed by atoms with Crippen molar-refractivity contribution in [2.45, 2.75) is 46.1 Å². The highest BCUT2D eigenvalue weighted by Crippen LogP contribution is 2.33. The summed E-state index contributed by atoms with van der Waals surface area (Å²) in [6.45, 7) is 8.62. The van der Waals surface area contributed by atoms with Crippen LogP contribution in [0.2, 0.25) is 0 Å². The van der Waals surface area contributed by atoms with Crippen LogP contribution in [0.25, 0.3) is 0 Å². The van der Waals surface area contributed by atoms with E-state index in [2.05, 4.69) is 5.32 Å².